The topological polar surface area (TPSA) is 0 Å². The highest BCUT2D eigenvalue weighted by Crippen LogP contribution is 2.44. The minimum absolute atomic E-state index is 0.109. The Bertz CT molecular complexity index is 1760. The van der Waals surface area contributed by atoms with Crippen molar-refractivity contribution >= 4 is 29.6 Å². The van der Waals surface area contributed by atoms with Crippen molar-refractivity contribution in [3.8, 4) is 22.6 Å². The molecule has 2 radical (unpaired) electrons. The van der Waals surface area contributed by atoms with E-state index in [0.717, 1.165) is 16.7 Å². The van der Waals surface area contributed by atoms with Crippen LogP contribution in [0.25, 0.3) is 32.7 Å². The van der Waals surface area contributed by atoms with Crippen molar-refractivity contribution in [2.45, 2.75) is 73.5 Å². The van der Waals surface area contributed by atoms with Gasteiger partial charge in [-0.05, 0) is 117 Å². The summed E-state index contributed by atoms with van der Waals surface area (Å²) in [5.74, 6) is 3.45. The van der Waals surface area contributed by atoms with Gasteiger partial charge in [-0.3, -0.25) is 0 Å². The number of hydrogen-bond acceptors (Lipinski definition) is 0. The van der Waals surface area contributed by atoms with Crippen molar-refractivity contribution in [3.05, 3.63) is 124 Å². The lowest BCUT2D eigenvalue weighted by molar-refractivity contribution is 0.589. The Morgan fingerprint density at radius 3 is 1.46 bits per heavy atom. The fraction of sp³-hybridized carbons (Fsp3) is 0.275. The molecule has 41 heavy (non-hydrogen) atoms. The van der Waals surface area contributed by atoms with E-state index in [1.807, 2.05) is 0 Å². The predicted octanol–water partition coefficient (Wildman–Crippen LogP) is 10.9. The third kappa shape index (κ3) is 5.77. The first-order chi connectivity index (χ1) is 19.2. The van der Waals surface area contributed by atoms with Gasteiger partial charge in [-0.2, -0.15) is 0 Å². The standard InChI is InChI=1S/C40H42Si/c1-26-21-30(19-20-41(8,9)10)22-27(2)36(26)25-37-32-15-11-13-17-34(32)39(35-18-14-12-16-33(35)37)38-28(3)23-31(24-29(38)4)40(5,6)7/h11-18,21-24H,1-10H3. The lowest BCUT2D eigenvalue weighted by atomic mass is 9.80. The average molecular weight is 551 g/mol. The SMILES string of the molecule is Cc1cc(C#C[Si](C)(C)C)cc(C)c1[C]c1c2ccccc2c(-c2c(C)cc(C(C)(C)C)cc2C)c2ccccc12. The van der Waals surface area contributed by atoms with Gasteiger partial charge < -0.3 is 0 Å². The Morgan fingerprint density at radius 1 is 0.561 bits per heavy atom. The summed E-state index contributed by atoms with van der Waals surface area (Å²) in [7, 11) is -1.44. The molecule has 0 aliphatic rings. The van der Waals surface area contributed by atoms with E-state index in [-0.39, 0.29) is 5.41 Å². The molecule has 206 valence electrons. The van der Waals surface area contributed by atoms with Crippen LogP contribution in [0.3, 0.4) is 0 Å². The summed E-state index contributed by atoms with van der Waals surface area (Å²) < 4.78 is 0. The first-order valence-electron chi connectivity index (χ1n) is 14.7. The Kier molecular flexibility index (Phi) is 7.52. The van der Waals surface area contributed by atoms with E-state index in [4.69, 9.17) is 0 Å². The highest BCUT2D eigenvalue weighted by atomic mass is 28.3. The van der Waals surface area contributed by atoms with Crippen molar-refractivity contribution in [1.82, 2.24) is 0 Å². The summed E-state index contributed by atoms with van der Waals surface area (Å²) in [4.78, 5) is 0. The van der Waals surface area contributed by atoms with Gasteiger partial charge in [0.2, 0.25) is 0 Å². The molecule has 0 atom stereocenters. The van der Waals surface area contributed by atoms with Crippen molar-refractivity contribution in [2.75, 3.05) is 0 Å². The molecule has 0 heterocycles. The summed E-state index contributed by atoms with van der Waals surface area (Å²) in [5, 5.41) is 5.02. The van der Waals surface area contributed by atoms with Crippen LogP contribution in [-0.2, 0) is 5.41 Å². The van der Waals surface area contributed by atoms with Gasteiger partial charge in [0.15, 0.2) is 0 Å². The molecule has 5 rings (SSSR count). The molecular weight excluding hydrogens is 509 g/mol. The molecule has 0 fully saturated rings. The van der Waals surface area contributed by atoms with E-state index in [1.54, 1.807) is 0 Å². The third-order valence-electron chi connectivity index (χ3n) is 7.94. The highest BCUT2D eigenvalue weighted by molar-refractivity contribution is 6.83. The molecule has 0 aliphatic carbocycles. The minimum atomic E-state index is -1.44. The van der Waals surface area contributed by atoms with Gasteiger partial charge in [-0.15, -0.1) is 5.54 Å². The maximum Gasteiger partial charge on any atom is 0.129 e. The van der Waals surface area contributed by atoms with Gasteiger partial charge in [0.1, 0.15) is 8.07 Å². The summed E-state index contributed by atoms with van der Waals surface area (Å²) >= 11 is 0. The van der Waals surface area contributed by atoms with Crippen LogP contribution in [0.4, 0.5) is 0 Å². The van der Waals surface area contributed by atoms with Crippen LogP contribution < -0.4 is 0 Å². The van der Waals surface area contributed by atoms with Gasteiger partial charge >= 0.3 is 0 Å². The summed E-state index contributed by atoms with van der Waals surface area (Å²) in [5.41, 5.74) is 16.2. The first kappa shape index (κ1) is 28.9. The fourth-order valence-electron chi connectivity index (χ4n) is 5.94. The molecular formula is C40H42Si. The number of benzene rings is 5. The van der Waals surface area contributed by atoms with Crippen LogP contribution in [0.15, 0.2) is 72.8 Å². The number of hydrogen-bond donors (Lipinski definition) is 0. The second kappa shape index (κ2) is 10.7. The molecule has 0 bridgehead atoms. The zero-order valence-electron chi connectivity index (χ0n) is 26.4. The molecule has 1 heteroatoms. The number of fused-ring (bicyclic) bond motifs is 2. The molecule has 0 unspecified atom stereocenters. The van der Waals surface area contributed by atoms with E-state index in [9.17, 15) is 0 Å². The molecule has 0 N–H and O–H groups in total. The second-order valence-electron chi connectivity index (χ2n) is 13.7. The van der Waals surface area contributed by atoms with Crippen molar-refractivity contribution in [1.29, 1.82) is 0 Å². The molecule has 0 saturated carbocycles. The lowest BCUT2D eigenvalue weighted by Crippen LogP contribution is -2.16. The lowest BCUT2D eigenvalue weighted by Gasteiger charge is -2.24. The molecule has 5 aromatic carbocycles. The van der Waals surface area contributed by atoms with Crippen LogP contribution in [0.1, 0.15) is 65.3 Å². The van der Waals surface area contributed by atoms with Gasteiger partial charge in [0.25, 0.3) is 0 Å². The van der Waals surface area contributed by atoms with Crippen molar-refractivity contribution in [2.24, 2.45) is 0 Å². The van der Waals surface area contributed by atoms with E-state index in [1.165, 1.54) is 60.5 Å². The van der Waals surface area contributed by atoms with Crippen LogP contribution in [0, 0.1) is 45.6 Å². The van der Waals surface area contributed by atoms with Crippen LogP contribution >= 0.6 is 0 Å². The Labute approximate surface area is 248 Å². The van der Waals surface area contributed by atoms with Gasteiger partial charge in [0.05, 0.1) is 6.42 Å². The summed E-state index contributed by atoms with van der Waals surface area (Å²) in [6.07, 6.45) is 3.92. The maximum absolute atomic E-state index is 3.92. The third-order valence-corrected chi connectivity index (χ3v) is 8.82. The van der Waals surface area contributed by atoms with E-state index in [0.29, 0.717) is 0 Å². The molecule has 0 saturated heterocycles. The Balaban J connectivity index is 1.75. The van der Waals surface area contributed by atoms with Crippen molar-refractivity contribution in [3.63, 3.8) is 0 Å². The second-order valence-corrected chi connectivity index (χ2v) is 18.4. The quantitative estimate of drug-likeness (QED) is 0.119. The van der Waals surface area contributed by atoms with Crippen LogP contribution in [-0.4, -0.2) is 8.07 Å². The predicted molar refractivity (Wildman–Crippen MR) is 183 cm³/mol. The van der Waals surface area contributed by atoms with Gasteiger partial charge in [0, 0.05) is 5.56 Å². The molecule has 0 nitrogen and oxygen atoms in total. The number of rotatable bonds is 3. The minimum Gasteiger partial charge on any atom is -0.127 e. The molecule has 0 amide bonds. The van der Waals surface area contributed by atoms with Gasteiger partial charge in [-0.1, -0.05) is 107 Å². The van der Waals surface area contributed by atoms with Gasteiger partial charge in [-0.25, -0.2) is 0 Å². The Hall–Kier alpha value is -3.60. The monoisotopic (exact) mass is 550 g/mol. The zero-order valence-corrected chi connectivity index (χ0v) is 27.4. The maximum atomic E-state index is 3.92. The average Bonchev–Trinajstić information content (AvgIpc) is 2.89. The van der Waals surface area contributed by atoms with Crippen LogP contribution in [0.2, 0.25) is 19.6 Å². The summed E-state index contributed by atoms with van der Waals surface area (Å²) in [6, 6.07) is 27.0. The number of aryl methyl sites for hydroxylation is 4. The smallest absolute Gasteiger partial charge is 0.127 e. The highest BCUT2D eigenvalue weighted by Gasteiger charge is 2.22. The molecule has 5 aromatic rings. The molecule has 0 aromatic heterocycles. The zero-order chi connectivity index (χ0) is 29.7. The van der Waals surface area contributed by atoms with E-state index >= 15 is 0 Å². The van der Waals surface area contributed by atoms with E-state index in [2.05, 4.69) is 159 Å². The first-order valence-corrected chi connectivity index (χ1v) is 18.2. The van der Waals surface area contributed by atoms with E-state index < -0.39 is 8.07 Å². The van der Waals surface area contributed by atoms with Crippen LogP contribution in [0.5, 0.6) is 0 Å². The largest absolute Gasteiger partial charge is 0.129 e. The normalized spacial score (nSPS) is 12.0. The summed E-state index contributed by atoms with van der Waals surface area (Å²) in [6.45, 7) is 22.7. The molecule has 0 aliphatic heterocycles. The van der Waals surface area contributed by atoms with Crippen molar-refractivity contribution < 1.29 is 0 Å². The Morgan fingerprint density at radius 2 is 1.02 bits per heavy atom. The fourth-order valence-corrected chi connectivity index (χ4v) is 6.46. The molecule has 0 spiro atoms.